The molecule has 37 heavy (non-hydrogen) atoms. The van der Waals surface area contributed by atoms with Crippen molar-refractivity contribution in [3.05, 3.63) is 72.3 Å². The minimum atomic E-state index is -0.839. The first kappa shape index (κ1) is 24.6. The number of benzene rings is 2. The SMILES string of the molecule is CC(C)(CO)C(=O)NCCn1ccc2ncnc(Nc3ccc(Oc4cccc5occc45)c(Cl)c3)c21. The Kier molecular flexibility index (Phi) is 6.73. The maximum absolute atomic E-state index is 12.3. The van der Waals surface area contributed by atoms with E-state index in [-0.39, 0.29) is 12.5 Å². The summed E-state index contributed by atoms with van der Waals surface area (Å²) in [6.45, 7) is 4.07. The predicted octanol–water partition coefficient (Wildman–Crippen LogP) is 5.50. The van der Waals surface area contributed by atoms with E-state index in [0.717, 1.165) is 27.7 Å². The number of aliphatic hydroxyl groups is 1. The number of ether oxygens (including phenoxy) is 1. The van der Waals surface area contributed by atoms with Gasteiger partial charge in [0.05, 0.1) is 34.2 Å². The quantitative estimate of drug-likeness (QED) is 0.235. The zero-order chi connectivity index (χ0) is 26.0. The van der Waals surface area contributed by atoms with Crippen LogP contribution >= 0.6 is 11.6 Å². The molecule has 0 saturated carbocycles. The molecule has 0 bridgehead atoms. The Morgan fingerprint density at radius 2 is 2.03 bits per heavy atom. The second-order valence-electron chi connectivity index (χ2n) is 9.22. The van der Waals surface area contributed by atoms with Crippen LogP contribution in [0.4, 0.5) is 11.5 Å². The third-order valence-electron chi connectivity index (χ3n) is 6.07. The molecule has 1 amide bonds. The van der Waals surface area contributed by atoms with Gasteiger partial charge in [-0.1, -0.05) is 17.7 Å². The highest BCUT2D eigenvalue weighted by atomic mass is 35.5. The minimum Gasteiger partial charge on any atom is -0.464 e. The van der Waals surface area contributed by atoms with E-state index in [1.54, 1.807) is 32.2 Å². The van der Waals surface area contributed by atoms with E-state index in [1.165, 1.54) is 6.33 Å². The van der Waals surface area contributed by atoms with E-state index < -0.39 is 5.41 Å². The molecule has 3 N–H and O–H groups in total. The molecule has 0 radical (unpaired) electrons. The minimum absolute atomic E-state index is 0.206. The van der Waals surface area contributed by atoms with Gasteiger partial charge in [0.15, 0.2) is 5.82 Å². The molecule has 0 fully saturated rings. The zero-order valence-corrected chi connectivity index (χ0v) is 21.1. The fourth-order valence-corrected chi connectivity index (χ4v) is 4.10. The van der Waals surface area contributed by atoms with Crippen LogP contribution in [-0.4, -0.2) is 38.7 Å². The molecule has 0 aliphatic rings. The van der Waals surface area contributed by atoms with Crippen LogP contribution in [0.2, 0.25) is 5.02 Å². The summed E-state index contributed by atoms with van der Waals surface area (Å²) in [6, 6.07) is 14.8. The standard InChI is InChI=1S/C27H26ClN5O4/c1-27(2,15-34)26(35)29-10-12-33-11-8-20-24(33)25(31-16-30-20)32-17-6-7-23(19(28)14-17)37-22-5-3-4-21-18(22)9-13-36-21/h3-9,11,13-14,16,34H,10,12,15H2,1-2H3,(H,29,35)(H,30,31,32). The number of rotatable bonds is 9. The van der Waals surface area contributed by atoms with E-state index in [4.69, 9.17) is 20.8 Å². The fourth-order valence-electron chi connectivity index (χ4n) is 3.88. The molecular formula is C27H26ClN5O4. The number of anilines is 2. The monoisotopic (exact) mass is 519 g/mol. The number of hydrogen-bond donors (Lipinski definition) is 3. The van der Waals surface area contributed by atoms with Crippen molar-refractivity contribution < 1.29 is 19.1 Å². The van der Waals surface area contributed by atoms with Crippen molar-refractivity contribution in [2.24, 2.45) is 5.41 Å². The first-order chi connectivity index (χ1) is 17.9. The summed E-state index contributed by atoms with van der Waals surface area (Å²) in [5, 5.41) is 16.9. The van der Waals surface area contributed by atoms with Crippen molar-refractivity contribution >= 4 is 51.0 Å². The molecule has 0 aliphatic heterocycles. The molecule has 190 valence electrons. The predicted molar refractivity (Wildman–Crippen MR) is 142 cm³/mol. The molecule has 0 atom stereocenters. The molecule has 3 heterocycles. The van der Waals surface area contributed by atoms with Gasteiger partial charge in [-0.15, -0.1) is 0 Å². The van der Waals surface area contributed by atoms with Crippen molar-refractivity contribution in [2.45, 2.75) is 20.4 Å². The molecule has 0 spiro atoms. The van der Waals surface area contributed by atoms with Crippen LogP contribution in [0.15, 0.2) is 71.7 Å². The van der Waals surface area contributed by atoms with Gasteiger partial charge >= 0.3 is 0 Å². The summed E-state index contributed by atoms with van der Waals surface area (Å²) < 4.78 is 13.5. The Morgan fingerprint density at radius 3 is 2.84 bits per heavy atom. The van der Waals surface area contributed by atoms with Crippen molar-refractivity contribution in [2.75, 3.05) is 18.5 Å². The average Bonchev–Trinajstić information content (AvgIpc) is 3.54. The van der Waals surface area contributed by atoms with E-state index in [9.17, 15) is 9.90 Å². The first-order valence-corrected chi connectivity index (χ1v) is 12.1. The molecular weight excluding hydrogens is 494 g/mol. The van der Waals surface area contributed by atoms with E-state index in [1.807, 2.05) is 47.2 Å². The third-order valence-corrected chi connectivity index (χ3v) is 6.36. The molecule has 9 nitrogen and oxygen atoms in total. The molecule has 0 aliphatic carbocycles. The van der Waals surface area contributed by atoms with Crippen molar-refractivity contribution in [1.29, 1.82) is 0 Å². The number of amides is 1. The summed E-state index contributed by atoms with van der Waals surface area (Å²) in [6.07, 6.45) is 5.01. The Balaban J connectivity index is 1.33. The highest BCUT2D eigenvalue weighted by Crippen LogP contribution is 2.36. The van der Waals surface area contributed by atoms with Gasteiger partial charge < -0.3 is 29.5 Å². The molecule has 5 aromatic rings. The number of nitrogens with one attached hydrogen (secondary N) is 2. The molecule has 10 heteroatoms. The van der Waals surface area contributed by atoms with Gasteiger partial charge in [-0.3, -0.25) is 4.79 Å². The van der Waals surface area contributed by atoms with Crippen LogP contribution in [0, 0.1) is 5.41 Å². The Morgan fingerprint density at radius 1 is 1.16 bits per heavy atom. The topological polar surface area (TPSA) is 114 Å². The van der Waals surface area contributed by atoms with Crippen LogP contribution in [0.5, 0.6) is 11.5 Å². The summed E-state index contributed by atoms with van der Waals surface area (Å²) in [7, 11) is 0. The molecule has 0 saturated heterocycles. The van der Waals surface area contributed by atoms with Crippen LogP contribution < -0.4 is 15.4 Å². The average molecular weight is 520 g/mol. The lowest BCUT2D eigenvalue weighted by atomic mass is 9.94. The number of nitrogens with zero attached hydrogens (tertiary/aromatic N) is 3. The Hall–Kier alpha value is -4.08. The van der Waals surface area contributed by atoms with Gasteiger partial charge in [0.1, 0.15) is 28.9 Å². The van der Waals surface area contributed by atoms with Crippen LogP contribution in [-0.2, 0) is 11.3 Å². The second-order valence-corrected chi connectivity index (χ2v) is 9.63. The number of carbonyl (C=O) groups is 1. The lowest BCUT2D eigenvalue weighted by Crippen LogP contribution is -2.40. The summed E-state index contributed by atoms with van der Waals surface area (Å²) >= 11 is 6.56. The van der Waals surface area contributed by atoms with Gasteiger partial charge in [0.2, 0.25) is 5.91 Å². The van der Waals surface area contributed by atoms with Gasteiger partial charge in [-0.25, -0.2) is 9.97 Å². The Bertz CT molecular complexity index is 1580. The zero-order valence-electron chi connectivity index (χ0n) is 20.4. The molecule has 2 aromatic carbocycles. The number of hydrogen-bond acceptors (Lipinski definition) is 7. The van der Waals surface area contributed by atoms with Crippen molar-refractivity contribution in [3.8, 4) is 11.5 Å². The second kappa shape index (κ2) is 10.1. The maximum atomic E-state index is 12.3. The summed E-state index contributed by atoms with van der Waals surface area (Å²) in [5.41, 5.74) is 2.18. The van der Waals surface area contributed by atoms with Crippen LogP contribution in [0.3, 0.4) is 0 Å². The Labute approximate surface area is 218 Å². The number of halogens is 1. The van der Waals surface area contributed by atoms with Gasteiger partial charge in [-0.2, -0.15) is 0 Å². The first-order valence-electron chi connectivity index (χ1n) is 11.8. The lowest BCUT2D eigenvalue weighted by molar-refractivity contribution is -0.131. The van der Waals surface area contributed by atoms with Crippen molar-refractivity contribution in [3.63, 3.8) is 0 Å². The lowest BCUT2D eigenvalue weighted by Gasteiger charge is -2.20. The molecule has 0 unspecified atom stereocenters. The number of furan rings is 1. The molecule has 5 rings (SSSR count). The van der Waals surface area contributed by atoms with Crippen LogP contribution in [0.1, 0.15) is 13.8 Å². The number of aliphatic hydroxyl groups excluding tert-OH is 1. The van der Waals surface area contributed by atoms with E-state index >= 15 is 0 Å². The van der Waals surface area contributed by atoms with Gasteiger partial charge in [0, 0.05) is 25.0 Å². The van der Waals surface area contributed by atoms with Gasteiger partial charge in [-0.05, 0) is 56.3 Å². The maximum Gasteiger partial charge on any atom is 0.228 e. The van der Waals surface area contributed by atoms with Crippen LogP contribution in [0.25, 0.3) is 22.0 Å². The van der Waals surface area contributed by atoms with Gasteiger partial charge in [0.25, 0.3) is 0 Å². The number of carbonyl (C=O) groups excluding carboxylic acids is 1. The summed E-state index contributed by atoms with van der Waals surface area (Å²) in [4.78, 5) is 21.1. The van der Waals surface area contributed by atoms with E-state index in [0.29, 0.717) is 35.4 Å². The summed E-state index contributed by atoms with van der Waals surface area (Å²) in [5.74, 6) is 1.56. The largest absolute Gasteiger partial charge is 0.464 e. The fraction of sp³-hybridized carbons (Fsp3) is 0.222. The normalized spacial score (nSPS) is 11.7. The smallest absolute Gasteiger partial charge is 0.228 e. The molecule has 3 aromatic heterocycles. The number of aromatic nitrogens is 3. The third kappa shape index (κ3) is 5.09. The van der Waals surface area contributed by atoms with E-state index in [2.05, 4.69) is 20.6 Å². The number of fused-ring (bicyclic) bond motifs is 2. The highest BCUT2D eigenvalue weighted by molar-refractivity contribution is 6.32. The van der Waals surface area contributed by atoms with Crippen molar-refractivity contribution in [1.82, 2.24) is 19.9 Å². The highest BCUT2D eigenvalue weighted by Gasteiger charge is 2.26.